The van der Waals surface area contributed by atoms with Gasteiger partial charge in [0.2, 0.25) is 0 Å². The van der Waals surface area contributed by atoms with Crippen molar-refractivity contribution in [1.82, 2.24) is 0 Å². The SMILES string of the molecule is Cc1cc(C)cc([C@]2(Sc3ccccc3)C(=O)N(C(=O)OC(C)(C)C)c3ccccc32)c1. The van der Waals surface area contributed by atoms with Gasteiger partial charge in [-0.15, -0.1) is 0 Å². The molecule has 1 atom stereocenters. The van der Waals surface area contributed by atoms with Crippen LogP contribution in [-0.4, -0.2) is 17.6 Å². The Morgan fingerprint density at radius 2 is 1.50 bits per heavy atom. The quantitative estimate of drug-likeness (QED) is 0.454. The van der Waals surface area contributed by atoms with Gasteiger partial charge in [-0.2, -0.15) is 0 Å². The van der Waals surface area contributed by atoms with Crippen molar-refractivity contribution in [2.24, 2.45) is 0 Å². The molecule has 32 heavy (non-hydrogen) atoms. The number of ether oxygens (including phenoxy) is 1. The molecular weight excluding hydrogens is 418 g/mol. The Bertz CT molecular complexity index is 1160. The lowest BCUT2D eigenvalue weighted by molar-refractivity contribution is -0.119. The molecule has 1 aliphatic heterocycles. The van der Waals surface area contributed by atoms with Crippen molar-refractivity contribution in [2.75, 3.05) is 4.90 Å². The Morgan fingerprint density at radius 3 is 2.12 bits per heavy atom. The van der Waals surface area contributed by atoms with Crippen molar-refractivity contribution in [3.8, 4) is 0 Å². The van der Waals surface area contributed by atoms with E-state index in [4.69, 9.17) is 4.74 Å². The monoisotopic (exact) mass is 445 g/mol. The molecule has 0 fully saturated rings. The molecule has 0 radical (unpaired) electrons. The summed E-state index contributed by atoms with van der Waals surface area (Å²) in [5.74, 6) is -0.313. The third-order valence-corrected chi connectivity index (χ3v) is 6.69. The van der Waals surface area contributed by atoms with Gasteiger partial charge in [0.25, 0.3) is 5.91 Å². The molecule has 0 saturated carbocycles. The number of benzene rings is 3. The number of fused-ring (bicyclic) bond motifs is 1. The van der Waals surface area contributed by atoms with Gasteiger partial charge in [0, 0.05) is 10.5 Å². The zero-order valence-electron chi connectivity index (χ0n) is 19.0. The minimum absolute atomic E-state index is 0.313. The molecule has 5 heteroatoms. The smallest absolute Gasteiger partial charge is 0.421 e. The highest BCUT2D eigenvalue weighted by Gasteiger charge is 2.56. The predicted octanol–water partition coefficient (Wildman–Crippen LogP) is 6.62. The predicted molar refractivity (Wildman–Crippen MR) is 129 cm³/mol. The van der Waals surface area contributed by atoms with E-state index in [1.54, 1.807) is 20.8 Å². The summed E-state index contributed by atoms with van der Waals surface area (Å²) in [6.45, 7) is 9.44. The van der Waals surface area contributed by atoms with Crippen LogP contribution in [0.3, 0.4) is 0 Å². The number of carbonyl (C=O) groups is 2. The number of imide groups is 1. The number of amides is 2. The summed E-state index contributed by atoms with van der Waals surface area (Å²) in [7, 11) is 0. The number of anilines is 1. The highest BCUT2D eigenvalue weighted by atomic mass is 32.2. The van der Waals surface area contributed by atoms with Crippen LogP contribution in [0.1, 0.15) is 43.0 Å². The highest BCUT2D eigenvalue weighted by Crippen LogP contribution is 2.55. The van der Waals surface area contributed by atoms with E-state index < -0.39 is 16.4 Å². The zero-order valence-corrected chi connectivity index (χ0v) is 19.8. The second-order valence-corrected chi connectivity index (χ2v) is 10.4. The van der Waals surface area contributed by atoms with E-state index in [1.165, 1.54) is 16.7 Å². The summed E-state index contributed by atoms with van der Waals surface area (Å²) in [4.78, 5) is 29.6. The summed E-state index contributed by atoms with van der Waals surface area (Å²) in [5, 5.41) is 0. The standard InChI is InChI=1S/C27H27NO3S/c1-18-15-19(2)17-20(16-18)27(32-21-11-7-6-8-12-21)22-13-9-10-14-23(22)28(24(27)29)25(30)31-26(3,4)5/h6-17H,1-5H3/t27-/m1/s1. The van der Waals surface area contributed by atoms with Gasteiger partial charge in [-0.3, -0.25) is 4.79 Å². The summed E-state index contributed by atoms with van der Waals surface area (Å²) < 4.78 is 4.53. The van der Waals surface area contributed by atoms with Crippen LogP contribution in [0.5, 0.6) is 0 Å². The van der Waals surface area contributed by atoms with Crippen LogP contribution in [0.15, 0.2) is 77.7 Å². The molecule has 3 aromatic rings. The van der Waals surface area contributed by atoms with Gasteiger partial charge in [-0.05, 0) is 58.4 Å². The molecule has 0 spiro atoms. The van der Waals surface area contributed by atoms with Crippen LogP contribution in [0.2, 0.25) is 0 Å². The van der Waals surface area contributed by atoms with Crippen molar-refractivity contribution in [1.29, 1.82) is 0 Å². The van der Waals surface area contributed by atoms with Gasteiger partial charge in [-0.1, -0.05) is 77.5 Å². The van der Waals surface area contributed by atoms with Crippen LogP contribution in [-0.2, 0) is 14.3 Å². The fraction of sp³-hybridized carbons (Fsp3) is 0.259. The first-order chi connectivity index (χ1) is 15.1. The van der Waals surface area contributed by atoms with Gasteiger partial charge >= 0.3 is 6.09 Å². The molecule has 4 rings (SSSR count). The number of thioether (sulfide) groups is 1. The molecule has 0 saturated heterocycles. The number of carbonyl (C=O) groups excluding carboxylic acids is 2. The van der Waals surface area contributed by atoms with Crippen LogP contribution < -0.4 is 4.90 Å². The number of para-hydroxylation sites is 1. The minimum Gasteiger partial charge on any atom is -0.443 e. The Morgan fingerprint density at radius 1 is 0.906 bits per heavy atom. The molecule has 1 heterocycles. The first-order valence-electron chi connectivity index (χ1n) is 10.6. The molecule has 4 nitrogen and oxygen atoms in total. The Balaban J connectivity index is 1.97. The van der Waals surface area contributed by atoms with E-state index in [1.807, 2.05) is 80.6 Å². The molecule has 0 aliphatic carbocycles. The molecule has 2 amide bonds. The fourth-order valence-electron chi connectivity index (χ4n) is 4.12. The summed E-state index contributed by atoms with van der Waals surface area (Å²) in [6.07, 6.45) is -0.658. The second-order valence-electron chi connectivity index (χ2n) is 9.11. The maximum atomic E-state index is 14.2. The number of hydrogen-bond acceptors (Lipinski definition) is 4. The normalized spacial score (nSPS) is 17.9. The number of hydrogen-bond donors (Lipinski definition) is 0. The molecule has 0 N–H and O–H groups in total. The van der Waals surface area contributed by atoms with E-state index in [-0.39, 0.29) is 5.91 Å². The lowest BCUT2D eigenvalue weighted by Crippen LogP contribution is -2.44. The van der Waals surface area contributed by atoms with E-state index >= 15 is 0 Å². The second kappa shape index (κ2) is 8.14. The van der Waals surface area contributed by atoms with Gasteiger partial charge in [-0.25, -0.2) is 9.69 Å². The van der Waals surface area contributed by atoms with Crippen LogP contribution in [0.25, 0.3) is 0 Å². The molecule has 0 unspecified atom stereocenters. The first kappa shape index (κ1) is 22.2. The maximum Gasteiger partial charge on any atom is 0.421 e. The molecular formula is C27H27NO3S. The average molecular weight is 446 g/mol. The number of nitrogens with zero attached hydrogens (tertiary/aromatic N) is 1. The van der Waals surface area contributed by atoms with Crippen molar-refractivity contribution in [3.63, 3.8) is 0 Å². The van der Waals surface area contributed by atoms with Gasteiger partial charge in [0.15, 0.2) is 4.75 Å². The Labute approximate surface area is 193 Å². The van der Waals surface area contributed by atoms with Crippen molar-refractivity contribution in [3.05, 3.63) is 95.1 Å². The van der Waals surface area contributed by atoms with Crippen LogP contribution >= 0.6 is 11.8 Å². The van der Waals surface area contributed by atoms with Gasteiger partial charge in [0.05, 0.1) is 5.69 Å². The van der Waals surface area contributed by atoms with E-state index in [0.29, 0.717) is 5.69 Å². The van der Waals surface area contributed by atoms with Crippen molar-refractivity contribution < 1.29 is 14.3 Å². The largest absolute Gasteiger partial charge is 0.443 e. The minimum atomic E-state index is -1.11. The van der Waals surface area contributed by atoms with Crippen molar-refractivity contribution >= 4 is 29.4 Å². The third kappa shape index (κ3) is 3.93. The Kier molecular flexibility index (Phi) is 5.63. The molecule has 3 aromatic carbocycles. The van der Waals surface area contributed by atoms with E-state index in [0.717, 1.165) is 27.1 Å². The van der Waals surface area contributed by atoms with Gasteiger partial charge < -0.3 is 4.74 Å². The molecule has 0 aromatic heterocycles. The number of rotatable bonds is 3. The van der Waals surface area contributed by atoms with Crippen molar-refractivity contribution in [2.45, 2.75) is 49.9 Å². The average Bonchev–Trinajstić information content (AvgIpc) is 2.96. The molecule has 1 aliphatic rings. The summed E-state index contributed by atoms with van der Waals surface area (Å²) in [5.41, 5.74) is 3.61. The van der Waals surface area contributed by atoms with Crippen LogP contribution in [0, 0.1) is 13.8 Å². The topological polar surface area (TPSA) is 46.6 Å². The van der Waals surface area contributed by atoms with E-state index in [9.17, 15) is 9.59 Å². The van der Waals surface area contributed by atoms with E-state index in [2.05, 4.69) is 6.07 Å². The lowest BCUT2D eigenvalue weighted by Gasteiger charge is -2.30. The highest BCUT2D eigenvalue weighted by molar-refractivity contribution is 8.01. The molecule has 164 valence electrons. The summed E-state index contributed by atoms with van der Waals surface area (Å²) >= 11 is 1.46. The third-order valence-electron chi connectivity index (χ3n) is 5.25. The Hall–Kier alpha value is -3.05. The lowest BCUT2D eigenvalue weighted by atomic mass is 9.89. The van der Waals surface area contributed by atoms with Crippen LogP contribution in [0.4, 0.5) is 10.5 Å². The summed E-state index contributed by atoms with van der Waals surface area (Å²) in [6, 6.07) is 23.5. The first-order valence-corrected chi connectivity index (χ1v) is 11.4. The zero-order chi connectivity index (χ0) is 23.1. The molecule has 0 bridgehead atoms. The number of aryl methyl sites for hydroxylation is 2. The van der Waals surface area contributed by atoms with Gasteiger partial charge in [0.1, 0.15) is 5.60 Å². The maximum absolute atomic E-state index is 14.2. The fourth-order valence-corrected chi connectivity index (χ4v) is 5.46.